The van der Waals surface area contributed by atoms with E-state index in [1.807, 2.05) is 83.4 Å². The smallest absolute Gasteiger partial charge is 0.241 e. The molecule has 0 aliphatic rings. The standard InChI is InChI=1S/C32H27N9O/c1-3-40(25-13-8-5-9-14-25)31-37-26-17-16-23(18-19-32(2,42)28-15-10-20-35-39-28)21-27(26)41(31)30-34-22-33-29(38-30)36-24-11-6-4-7-12-24/h4-17,20-22,42H,3H2,1-2H3,(H,33,34,36,38). The second-order valence-corrected chi connectivity index (χ2v) is 9.56. The maximum atomic E-state index is 10.9. The van der Waals surface area contributed by atoms with Crippen LogP contribution in [-0.2, 0) is 5.60 Å². The topological polar surface area (TPSA) is 118 Å². The third kappa shape index (κ3) is 5.50. The number of nitrogens with zero attached hydrogens (tertiary/aromatic N) is 8. The molecule has 0 radical (unpaired) electrons. The van der Waals surface area contributed by atoms with E-state index in [0.717, 1.165) is 22.4 Å². The van der Waals surface area contributed by atoms with Crippen molar-refractivity contribution in [3.8, 4) is 17.8 Å². The number of fused-ring (bicyclic) bond motifs is 1. The molecule has 3 aromatic heterocycles. The predicted octanol–water partition coefficient (Wildman–Crippen LogP) is 5.16. The van der Waals surface area contributed by atoms with Crippen molar-refractivity contribution in [3.05, 3.63) is 115 Å². The van der Waals surface area contributed by atoms with Crippen molar-refractivity contribution in [2.75, 3.05) is 16.8 Å². The molecule has 2 N–H and O–H groups in total. The van der Waals surface area contributed by atoms with Crippen LogP contribution in [0.1, 0.15) is 25.1 Å². The zero-order valence-corrected chi connectivity index (χ0v) is 23.0. The zero-order valence-electron chi connectivity index (χ0n) is 23.0. The monoisotopic (exact) mass is 553 g/mol. The lowest BCUT2D eigenvalue weighted by molar-refractivity contribution is 0.116. The molecule has 42 heavy (non-hydrogen) atoms. The first-order valence-electron chi connectivity index (χ1n) is 13.4. The molecule has 0 fully saturated rings. The van der Waals surface area contributed by atoms with Crippen molar-refractivity contribution < 1.29 is 5.11 Å². The minimum Gasteiger partial charge on any atom is -0.372 e. The van der Waals surface area contributed by atoms with Crippen LogP contribution in [0.3, 0.4) is 0 Å². The number of rotatable bonds is 7. The van der Waals surface area contributed by atoms with Crippen LogP contribution in [-0.4, -0.2) is 46.4 Å². The molecule has 6 rings (SSSR count). The van der Waals surface area contributed by atoms with E-state index in [9.17, 15) is 5.11 Å². The average Bonchev–Trinajstić information content (AvgIpc) is 3.40. The molecule has 3 aromatic carbocycles. The molecule has 6 aromatic rings. The Morgan fingerprint density at radius 2 is 1.71 bits per heavy atom. The average molecular weight is 554 g/mol. The summed E-state index contributed by atoms with van der Waals surface area (Å²) in [5.41, 5.74) is 2.90. The van der Waals surface area contributed by atoms with Gasteiger partial charge in [0.15, 0.2) is 5.60 Å². The third-order valence-electron chi connectivity index (χ3n) is 6.57. The number of hydrogen-bond donors (Lipinski definition) is 2. The molecule has 10 heteroatoms. The van der Waals surface area contributed by atoms with E-state index in [4.69, 9.17) is 9.97 Å². The van der Waals surface area contributed by atoms with E-state index in [2.05, 4.69) is 49.1 Å². The van der Waals surface area contributed by atoms with Crippen molar-refractivity contribution in [1.29, 1.82) is 0 Å². The highest BCUT2D eigenvalue weighted by Crippen LogP contribution is 2.31. The largest absolute Gasteiger partial charge is 0.372 e. The second kappa shape index (κ2) is 11.4. The lowest BCUT2D eigenvalue weighted by Gasteiger charge is -2.22. The second-order valence-electron chi connectivity index (χ2n) is 9.56. The van der Waals surface area contributed by atoms with Crippen LogP contribution in [0.4, 0.5) is 23.3 Å². The van der Waals surface area contributed by atoms with E-state index < -0.39 is 5.60 Å². The molecule has 0 saturated carbocycles. The highest BCUT2D eigenvalue weighted by molar-refractivity contribution is 5.83. The maximum Gasteiger partial charge on any atom is 0.241 e. The van der Waals surface area contributed by atoms with Gasteiger partial charge in [0.2, 0.25) is 17.8 Å². The van der Waals surface area contributed by atoms with Gasteiger partial charge in [0, 0.05) is 29.7 Å². The van der Waals surface area contributed by atoms with Gasteiger partial charge in [-0.05, 0) is 68.4 Å². The lowest BCUT2D eigenvalue weighted by atomic mass is 10.0. The Balaban J connectivity index is 1.48. The van der Waals surface area contributed by atoms with E-state index in [0.29, 0.717) is 35.6 Å². The number of imidazole rings is 1. The number of para-hydroxylation sites is 2. The van der Waals surface area contributed by atoms with Crippen molar-refractivity contribution in [2.24, 2.45) is 0 Å². The van der Waals surface area contributed by atoms with Gasteiger partial charge >= 0.3 is 0 Å². The van der Waals surface area contributed by atoms with Crippen LogP contribution >= 0.6 is 0 Å². The number of anilines is 4. The van der Waals surface area contributed by atoms with Crippen molar-refractivity contribution in [3.63, 3.8) is 0 Å². The number of nitrogens with one attached hydrogen (secondary N) is 1. The summed E-state index contributed by atoms with van der Waals surface area (Å²) >= 11 is 0. The highest BCUT2D eigenvalue weighted by Gasteiger charge is 2.23. The third-order valence-corrected chi connectivity index (χ3v) is 6.57. The minimum atomic E-state index is -1.48. The Bertz CT molecular complexity index is 1880. The zero-order chi connectivity index (χ0) is 28.9. The Morgan fingerprint density at radius 3 is 2.45 bits per heavy atom. The summed E-state index contributed by atoms with van der Waals surface area (Å²) in [6.07, 6.45) is 3.03. The summed E-state index contributed by atoms with van der Waals surface area (Å²) in [5.74, 6) is 7.47. The maximum absolute atomic E-state index is 10.9. The van der Waals surface area contributed by atoms with Gasteiger partial charge in [-0.3, -0.25) is 0 Å². The molecule has 0 aliphatic carbocycles. The van der Waals surface area contributed by atoms with Gasteiger partial charge in [-0.25, -0.2) is 19.5 Å². The number of hydrogen-bond acceptors (Lipinski definition) is 9. The fraction of sp³-hybridized carbons (Fsp3) is 0.125. The van der Waals surface area contributed by atoms with Crippen LogP contribution < -0.4 is 10.2 Å². The molecule has 0 saturated heterocycles. The molecular formula is C32H27N9O. The van der Waals surface area contributed by atoms with Crippen molar-refractivity contribution >= 4 is 34.3 Å². The molecule has 10 nitrogen and oxygen atoms in total. The van der Waals surface area contributed by atoms with Crippen molar-refractivity contribution in [2.45, 2.75) is 19.4 Å². The normalized spacial score (nSPS) is 12.3. The van der Waals surface area contributed by atoms with Gasteiger partial charge in [-0.1, -0.05) is 48.2 Å². The summed E-state index contributed by atoms with van der Waals surface area (Å²) in [7, 11) is 0. The van der Waals surface area contributed by atoms with Gasteiger partial charge in [0.25, 0.3) is 0 Å². The van der Waals surface area contributed by atoms with Gasteiger partial charge < -0.3 is 15.3 Å². The van der Waals surface area contributed by atoms with E-state index in [-0.39, 0.29) is 0 Å². The fourth-order valence-electron chi connectivity index (χ4n) is 4.49. The fourth-order valence-corrected chi connectivity index (χ4v) is 4.49. The van der Waals surface area contributed by atoms with E-state index >= 15 is 0 Å². The Labute approximate surface area is 242 Å². The first-order valence-corrected chi connectivity index (χ1v) is 13.4. The summed E-state index contributed by atoms with van der Waals surface area (Å²) < 4.78 is 1.90. The van der Waals surface area contributed by atoms with Gasteiger partial charge in [0.1, 0.15) is 12.0 Å². The Hall–Kier alpha value is -5.66. The highest BCUT2D eigenvalue weighted by atomic mass is 16.3. The van der Waals surface area contributed by atoms with Gasteiger partial charge in [-0.15, -0.1) is 0 Å². The molecule has 0 bridgehead atoms. The summed E-state index contributed by atoms with van der Waals surface area (Å²) in [4.78, 5) is 20.7. The van der Waals surface area contributed by atoms with Gasteiger partial charge in [-0.2, -0.15) is 15.2 Å². The Kier molecular flexibility index (Phi) is 7.24. The SMILES string of the molecule is CCN(c1ccccc1)c1nc2ccc(C#CC(C)(O)c3cccnn3)cc2n1-c1ncnc(Nc2ccccc2)n1. The minimum absolute atomic E-state index is 0.371. The lowest BCUT2D eigenvalue weighted by Crippen LogP contribution is -2.21. The predicted molar refractivity (Wildman–Crippen MR) is 162 cm³/mol. The molecule has 1 atom stereocenters. The first kappa shape index (κ1) is 26.6. The van der Waals surface area contributed by atoms with Crippen LogP contribution in [0.5, 0.6) is 0 Å². The van der Waals surface area contributed by atoms with E-state index in [1.165, 1.54) is 6.33 Å². The molecule has 3 heterocycles. The van der Waals surface area contributed by atoms with E-state index in [1.54, 1.807) is 25.3 Å². The van der Waals surface area contributed by atoms with Crippen LogP contribution in [0.15, 0.2) is 104 Å². The summed E-state index contributed by atoms with van der Waals surface area (Å²) in [5, 5.41) is 22.1. The Morgan fingerprint density at radius 1 is 0.929 bits per heavy atom. The molecular weight excluding hydrogens is 526 g/mol. The number of benzene rings is 3. The van der Waals surface area contributed by atoms with Crippen LogP contribution in [0.25, 0.3) is 17.0 Å². The molecule has 206 valence electrons. The van der Waals surface area contributed by atoms with Crippen LogP contribution in [0, 0.1) is 11.8 Å². The molecule has 0 amide bonds. The summed E-state index contributed by atoms with van der Waals surface area (Å²) in [6, 6.07) is 28.8. The number of aliphatic hydroxyl groups is 1. The molecule has 0 spiro atoms. The van der Waals surface area contributed by atoms with Crippen molar-refractivity contribution in [1.82, 2.24) is 34.7 Å². The van der Waals surface area contributed by atoms with Gasteiger partial charge in [0.05, 0.1) is 11.0 Å². The molecule has 0 aliphatic heterocycles. The van der Waals surface area contributed by atoms with Crippen LogP contribution in [0.2, 0.25) is 0 Å². The molecule has 1 unspecified atom stereocenters. The quantitative estimate of drug-likeness (QED) is 0.258. The summed E-state index contributed by atoms with van der Waals surface area (Å²) in [6.45, 7) is 4.31. The number of aromatic nitrogens is 7. The first-order chi connectivity index (χ1) is 20.5.